The molecular formula is C11H18N2OS. The molecule has 0 atom stereocenters. The van der Waals surface area contributed by atoms with E-state index >= 15 is 0 Å². The van der Waals surface area contributed by atoms with Gasteiger partial charge in [0.15, 0.2) is 0 Å². The third kappa shape index (κ3) is 2.63. The highest BCUT2D eigenvalue weighted by atomic mass is 32.2. The number of rotatable bonds is 4. The van der Waals surface area contributed by atoms with E-state index in [0.29, 0.717) is 18.0 Å². The lowest BCUT2D eigenvalue weighted by Gasteiger charge is -2.14. The van der Waals surface area contributed by atoms with Gasteiger partial charge in [-0.05, 0) is 26.6 Å². The summed E-state index contributed by atoms with van der Waals surface area (Å²) in [5.74, 6) is 0.325. The summed E-state index contributed by atoms with van der Waals surface area (Å²) in [6.07, 6.45) is 2.01. The first-order valence-corrected chi connectivity index (χ1v) is 6.28. The minimum Gasteiger partial charge on any atom is -0.506 e. The first kappa shape index (κ1) is 12.3. The van der Waals surface area contributed by atoms with Gasteiger partial charge < -0.3 is 10.4 Å². The smallest absolute Gasteiger partial charge is 0.142 e. The molecule has 1 aromatic rings. The summed E-state index contributed by atoms with van der Waals surface area (Å²) in [5, 5.41) is 13.2. The highest BCUT2D eigenvalue weighted by molar-refractivity contribution is 7.98. The SMILES string of the molecule is CCNCc1c(O)c(C)nc(C)c1SC. The number of aromatic nitrogens is 1. The van der Waals surface area contributed by atoms with E-state index in [9.17, 15) is 5.11 Å². The third-order valence-electron chi connectivity index (χ3n) is 2.32. The molecule has 15 heavy (non-hydrogen) atoms. The summed E-state index contributed by atoms with van der Waals surface area (Å²) in [6, 6.07) is 0. The van der Waals surface area contributed by atoms with Crippen molar-refractivity contribution in [1.82, 2.24) is 10.3 Å². The van der Waals surface area contributed by atoms with Crippen molar-refractivity contribution in [3.05, 3.63) is 17.0 Å². The summed E-state index contributed by atoms with van der Waals surface area (Å²) in [5.41, 5.74) is 2.67. The molecule has 0 saturated carbocycles. The van der Waals surface area contributed by atoms with E-state index in [0.717, 1.165) is 22.7 Å². The number of hydrogen-bond acceptors (Lipinski definition) is 4. The zero-order valence-electron chi connectivity index (χ0n) is 9.72. The molecule has 3 nitrogen and oxygen atoms in total. The molecule has 0 saturated heterocycles. The minimum atomic E-state index is 0.325. The molecule has 0 amide bonds. The van der Waals surface area contributed by atoms with Crippen LogP contribution in [0.15, 0.2) is 4.90 Å². The minimum absolute atomic E-state index is 0.325. The van der Waals surface area contributed by atoms with Gasteiger partial charge in [-0.2, -0.15) is 0 Å². The van der Waals surface area contributed by atoms with Crippen LogP contribution in [0.1, 0.15) is 23.9 Å². The fraction of sp³-hybridized carbons (Fsp3) is 0.545. The van der Waals surface area contributed by atoms with E-state index in [4.69, 9.17) is 0 Å². The third-order valence-corrected chi connectivity index (χ3v) is 3.27. The zero-order valence-corrected chi connectivity index (χ0v) is 10.5. The molecule has 0 aromatic carbocycles. The second kappa shape index (κ2) is 5.37. The lowest BCUT2D eigenvalue weighted by atomic mass is 10.1. The van der Waals surface area contributed by atoms with Crippen molar-refractivity contribution in [2.45, 2.75) is 32.2 Å². The van der Waals surface area contributed by atoms with Crippen LogP contribution in [-0.4, -0.2) is 22.9 Å². The van der Waals surface area contributed by atoms with Crippen molar-refractivity contribution in [3.63, 3.8) is 0 Å². The van der Waals surface area contributed by atoms with Crippen LogP contribution in [0.2, 0.25) is 0 Å². The van der Waals surface area contributed by atoms with Crippen molar-refractivity contribution < 1.29 is 5.11 Å². The van der Waals surface area contributed by atoms with Gasteiger partial charge in [0.05, 0.1) is 11.4 Å². The summed E-state index contributed by atoms with van der Waals surface area (Å²) >= 11 is 1.63. The summed E-state index contributed by atoms with van der Waals surface area (Å²) in [4.78, 5) is 5.40. The Morgan fingerprint density at radius 3 is 2.53 bits per heavy atom. The van der Waals surface area contributed by atoms with Crippen LogP contribution in [0, 0.1) is 13.8 Å². The van der Waals surface area contributed by atoms with E-state index in [1.807, 2.05) is 20.1 Å². The fourth-order valence-electron chi connectivity index (χ4n) is 1.58. The second-order valence-corrected chi connectivity index (χ2v) is 4.24. The predicted octanol–water partition coefficient (Wildman–Crippen LogP) is 2.24. The molecule has 0 radical (unpaired) electrons. The second-order valence-electron chi connectivity index (χ2n) is 3.42. The molecule has 2 N–H and O–H groups in total. The molecule has 1 rings (SSSR count). The van der Waals surface area contributed by atoms with Crippen LogP contribution >= 0.6 is 11.8 Å². The van der Waals surface area contributed by atoms with E-state index in [-0.39, 0.29) is 0 Å². The Kier molecular flexibility index (Phi) is 4.42. The van der Waals surface area contributed by atoms with Crippen LogP contribution in [0.4, 0.5) is 0 Å². The number of nitrogens with zero attached hydrogens (tertiary/aromatic N) is 1. The van der Waals surface area contributed by atoms with Gasteiger partial charge in [-0.15, -0.1) is 11.8 Å². The van der Waals surface area contributed by atoms with E-state index in [1.54, 1.807) is 11.8 Å². The maximum absolute atomic E-state index is 9.94. The van der Waals surface area contributed by atoms with Crippen LogP contribution in [-0.2, 0) is 6.54 Å². The van der Waals surface area contributed by atoms with Crippen molar-refractivity contribution in [2.24, 2.45) is 0 Å². The number of hydrogen-bond donors (Lipinski definition) is 2. The molecular weight excluding hydrogens is 208 g/mol. The normalized spacial score (nSPS) is 10.7. The number of thioether (sulfide) groups is 1. The first-order valence-electron chi connectivity index (χ1n) is 5.05. The van der Waals surface area contributed by atoms with Gasteiger partial charge in [0.1, 0.15) is 5.75 Å². The molecule has 4 heteroatoms. The Morgan fingerprint density at radius 1 is 1.33 bits per heavy atom. The van der Waals surface area contributed by atoms with Gasteiger partial charge in [-0.1, -0.05) is 6.92 Å². The maximum Gasteiger partial charge on any atom is 0.142 e. The van der Waals surface area contributed by atoms with Gasteiger partial charge in [0.25, 0.3) is 0 Å². The standard InChI is InChI=1S/C11H18N2OS/c1-5-12-6-9-10(14)7(2)13-8(3)11(9)15-4/h12,14H,5-6H2,1-4H3. The van der Waals surface area contributed by atoms with Gasteiger partial charge in [0.2, 0.25) is 0 Å². The van der Waals surface area contributed by atoms with Crippen LogP contribution in [0.25, 0.3) is 0 Å². The highest BCUT2D eigenvalue weighted by Crippen LogP contribution is 2.31. The Bertz CT molecular complexity index is 353. The number of nitrogens with one attached hydrogen (secondary N) is 1. The maximum atomic E-state index is 9.94. The number of pyridine rings is 1. The van der Waals surface area contributed by atoms with Crippen molar-refractivity contribution in [3.8, 4) is 5.75 Å². The molecule has 0 unspecified atom stereocenters. The fourth-order valence-corrected chi connectivity index (χ4v) is 2.34. The Hall–Kier alpha value is -0.740. The summed E-state index contributed by atoms with van der Waals surface area (Å²) < 4.78 is 0. The largest absolute Gasteiger partial charge is 0.506 e. The first-order chi connectivity index (χ1) is 7.11. The topological polar surface area (TPSA) is 45.1 Å². The average molecular weight is 226 g/mol. The van der Waals surface area contributed by atoms with Crippen LogP contribution in [0.3, 0.4) is 0 Å². The Balaban J connectivity index is 3.18. The number of aryl methyl sites for hydroxylation is 2. The molecule has 0 fully saturated rings. The molecule has 1 aromatic heterocycles. The average Bonchev–Trinajstić information content (AvgIpc) is 2.21. The van der Waals surface area contributed by atoms with E-state index in [2.05, 4.69) is 17.2 Å². The summed E-state index contributed by atoms with van der Waals surface area (Å²) in [7, 11) is 0. The zero-order chi connectivity index (χ0) is 11.4. The quantitative estimate of drug-likeness (QED) is 0.773. The van der Waals surface area contributed by atoms with Crippen LogP contribution < -0.4 is 5.32 Å². The predicted molar refractivity (Wildman–Crippen MR) is 64.5 cm³/mol. The van der Waals surface area contributed by atoms with Crippen LogP contribution in [0.5, 0.6) is 5.75 Å². The summed E-state index contributed by atoms with van der Waals surface area (Å²) in [6.45, 7) is 7.46. The Labute approximate surface area is 95.3 Å². The molecule has 0 aliphatic heterocycles. The van der Waals surface area contributed by atoms with E-state index in [1.165, 1.54) is 0 Å². The van der Waals surface area contributed by atoms with Gasteiger partial charge in [-0.3, -0.25) is 4.98 Å². The van der Waals surface area contributed by atoms with Gasteiger partial charge >= 0.3 is 0 Å². The monoisotopic (exact) mass is 226 g/mol. The van der Waals surface area contributed by atoms with Crippen molar-refractivity contribution in [2.75, 3.05) is 12.8 Å². The molecule has 84 valence electrons. The van der Waals surface area contributed by atoms with Gasteiger partial charge in [0, 0.05) is 17.0 Å². The molecule has 0 spiro atoms. The van der Waals surface area contributed by atoms with E-state index < -0.39 is 0 Å². The van der Waals surface area contributed by atoms with Gasteiger partial charge in [-0.25, -0.2) is 0 Å². The molecule has 0 aliphatic rings. The van der Waals surface area contributed by atoms with Crippen molar-refractivity contribution in [1.29, 1.82) is 0 Å². The van der Waals surface area contributed by atoms with Crippen molar-refractivity contribution >= 4 is 11.8 Å². The highest BCUT2D eigenvalue weighted by Gasteiger charge is 2.13. The Morgan fingerprint density at radius 2 is 2.00 bits per heavy atom. The molecule has 0 bridgehead atoms. The molecule has 0 aliphatic carbocycles. The molecule has 1 heterocycles. The number of aromatic hydroxyl groups is 1. The lowest BCUT2D eigenvalue weighted by molar-refractivity contribution is 0.453. The lowest BCUT2D eigenvalue weighted by Crippen LogP contribution is -2.13.